The normalized spacial score (nSPS) is 10.7. The van der Waals surface area contributed by atoms with Crippen molar-refractivity contribution >= 4 is 23.0 Å². The highest BCUT2D eigenvalue weighted by Crippen LogP contribution is 2.28. The number of ketones is 1. The highest BCUT2D eigenvalue weighted by molar-refractivity contribution is 7.13. The van der Waals surface area contributed by atoms with Crippen LogP contribution in [0.3, 0.4) is 0 Å². The Morgan fingerprint density at radius 2 is 1.47 bits per heavy atom. The monoisotopic (exact) mass is 463 g/mol. The number of amides is 1. The SMILES string of the molecule is O=C(c1ccccc1)c1ccc(CNC(=O)c2cn(-c3ccccc3)nc2-c2cccs2)cc1. The molecule has 166 valence electrons. The number of hydrogen-bond acceptors (Lipinski definition) is 4. The second kappa shape index (κ2) is 9.68. The summed E-state index contributed by atoms with van der Waals surface area (Å²) >= 11 is 1.55. The van der Waals surface area contributed by atoms with Gasteiger partial charge >= 0.3 is 0 Å². The zero-order valence-electron chi connectivity index (χ0n) is 18.2. The lowest BCUT2D eigenvalue weighted by Gasteiger charge is -2.07. The molecule has 1 N–H and O–H groups in total. The maximum atomic E-state index is 13.1. The summed E-state index contributed by atoms with van der Waals surface area (Å²) in [6, 6.07) is 30.1. The van der Waals surface area contributed by atoms with Crippen LogP contribution < -0.4 is 5.32 Å². The third-order valence-electron chi connectivity index (χ3n) is 5.44. The molecule has 0 atom stereocenters. The zero-order valence-corrected chi connectivity index (χ0v) is 19.0. The quantitative estimate of drug-likeness (QED) is 0.312. The van der Waals surface area contributed by atoms with Crippen molar-refractivity contribution in [1.29, 1.82) is 0 Å². The lowest BCUT2D eigenvalue weighted by molar-refractivity contribution is 0.0950. The minimum absolute atomic E-state index is 0.0231. The van der Waals surface area contributed by atoms with Crippen LogP contribution in [0.4, 0.5) is 0 Å². The number of rotatable bonds is 7. The van der Waals surface area contributed by atoms with E-state index in [1.54, 1.807) is 46.5 Å². The number of thiophene rings is 1. The molecule has 5 aromatic rings. The third-order valence-corrected chi connectivity index (χ3v) is 6.32. The predicted octanol–water partition coefficient (Wildman–Crippen LogP) is 5.76. The average molecular weight is 464 g/mol. The number of nitrogens with one attached hydrogen (secondary N) is 1. The van der Waals surface area contributed by atoms with Crippen molar-refractivity contribution in [3.63, 3.8) is 0 Å². The molecule has 0 saturated carbocycles. The van der Waals surface area contributed by atoms with E-state index >= 15 is 0 Å². The van der Waals surface area contributed by atoms with E-state index in [9.17, 15) is 9.59 Å². The summed E-state index contributed by atoms with van der Waals surface area (Å²) in [5.74, 6) is -0.222. The van der Waals surface area contributed by atoms with Crippen LogP contribution in [0, 0.1) is 0 Å². The van der Waals surface area contributed by atoms with Gasteiger partial charge in [-0.3, -0.25) is 9.59 Å². The molecular weight excluding hydrogens is 442 g/mol. The first-order valence-corrected chi connectivity index (χ1v) is 11.7. The second-order valence-corrected chi connectivity index (χ2v) is 8.67. The Kier molecular flexibility index (Phi) is 6.14. The second-order valence-electron chi connectivity index (χ2n) is 7.72. The molecule has 6 heteroatoms. The van der Waals surface area contributed by atoms with E-state index < -0.39 is 0 Å². The van der Waals surface area contributed by atoms with Gasteiger partial charge in [-0.25, -0.2) is 4.68 Å². The van der Waals surface area contributed by atoms with Gasteiger partial charge in [0.2, 0.25) is 0 Å². The van der Waals surface area contributed by atoms with Gasteiger partial charge < -0.3 is 5.32 Å². The summed E-state index contributed by atoms with van der Waals surface area (Å²) in [6.45, 7) is 0.346. The van der Waals surface area contributed by atoms with E-state index in [0.717, 1.165) is 16.1 Å². The molecule has 0 aliphatic rings. The van der Waals surface area contributed by atoms with Crippen molar-refractivity contribution in [1.82, 2.24) is 15.1 Å². The van der Waals surface area contributed by atoms with E-state index in [-0.39, 0.29) is 11.7 Å². The molecule has 5 nitrogen and oxygen atoms in total. The molecule has 2 heterocycles. The van der Waals surface area contributed by atoms with Crippen LogP contribution in [-0.4, -0.2) is 21.5 Å². The topological polar surface area (TPSA) is 64.0 Å². The highest BCUT2D eigenvalue weighted by Gasteiger charge is 2.19. The first-order valence-electron chi connectivity index (χ1n) is 10.8. The van der Waals surface area contributed by atoms with Crippen LogP contribution in [-0.2, 0) is 6.54 Å². The number of aromatic nitrogens is 2. The number of carbonyl (C=O) groups is 2. The van der Waals surface area contributed by atoms with Crippen molar-refractivity contribution in [3.8, 4) is 16.3 Å². The smallest absolute Gasteiger partial charge is 0.255 e. The van der Waals surface area contributed by atoms with Crippen LogP contribution >= 0.6 is 11.3 Å². The van der Waals surface area contributed by atoms with Gasteiger partial charge in [-0.2, -0.15) is 5.10 Å². The van der Waals surface area contributed by atoms with Crippen molar-refractivity contribution in [3.05, 3.63) is 131 Å². The highest BCUT2D eigenvalue weighted by atomic mass is 32.1. The van der Waals surface area contributed by atoms with Gasteiger partial charge in [0.15, 0.2) is 5.78 Å². The standard InChI is InChI=1S/C28H21N3O2S/c32-27(21-8-3-1-4-9-21)22-15-13-20(14-16-22)18-29-28(33)24-19-31(23-10-5-2-6-11-23)30-26(24)25-12-7-17-34-25/h1-17,19H,18H2,(H,29,33). The molecule has 0 saturated heterocycles. The van der Waals surface area contributed by atoms with Gasteiger partial charge in [-0.15, -0.1) is 11.3 Å². The Hall–Kier alpha value is -4.29. The first kappa shape index (κ1) is 21.6. The van der Waals surface area contributed by atoms with E-state index in [2.05, 4.69) is 10.4 Å². The van der Waals surface area contributed by atoms with Crippen molar-refractivity contribution in [2.75, 3.05) is 0 Å². The van der Waals surface area contributed by atoms with E-state index in [1.807, 2.05) is 78.2 Å². The number of carbonyl (C=O) groups excluding carboxylic acids is 2. The van der Waals surface area contributed by atoms with Crippen LogP contribution in [0.15, 0.2) is 109 Å². The van der Waals surface area contributed by atoms with E-state index in [0.29, 0.717) is 28.9 Å². The Morgan fingerprint density at radius 3 is 2.15 bits per heavy atom. The molecule has 0 aliphatic heterocycles. The molecule has 0 radical (unpaired) electrons. The minimum atomic E-state index is -0.199. The van der Waals surface area contributed by atoms with Crippen molar-refractivity contribution in [2.45, 2.75) is 6.54 Å². The molecule has 0 spiro atoms. The van der Waals surface area contributed by atoms with Crippen molar-refractivity contribution < 1.29 is 9.59 Å². The van der Waals surface area contributed by atoms with Gasteiger partial charge in [0, 0.05) is 23.9 Å². The maximum Gasteiger partial charge on any atom is 0.255 e. The summed E-state index contributed by atoms with van der Waals surface area (Å²) in [4.78, 5) is 26.7. The number of nitrogens with zero attached hydrogens (tertiary/aromatic N) is 2. The Labute approximate surface area is 201 Å². The van der Waals surface area contributed by atoms with E-state index in [4.69, 9.17) is 0 Å². The molecule has 0 fully saturated rings. The summed E-state index contributed by atoms with van der Waals surface area (Å²) < 4.78 is 1.73. The van der Waals surface area contributed by atoms with Gasteiger partial charge in [0.05, 0.1) is 16.1 Å². The summed E-state index contributed by atoms with van der Waals surface area (Å²) in [5, 5.41) is 9.65. The summed E-state index contributed by atoms with van der Waals surface area (Å²) in [5.41, 5.74) is 4.23. The zero-order chi connectivity index (χ0) is 23.3. The van der Waals surface area contributed by atoms with Crippen LogP contribution in [0.25, 0.3) is 16.3 Å². The molecular formula is C28H21N3O2S. The molecule has 5 rings (SSSR count). The van der Waals surface area contributed by atoms with E-state index in [1.165, 1.54) is 0 Å². The molecule has 0 aliphatic carbocycles. The lowest BCUT2D eigenvalue weighted by Crippen LogP contribution is -2.23. The van der Waals surface area contributed by atoms with Crippen LogP contribution in [0.1, 0.15) is 31.8 Å². The number of hydrogen-bond donors (Lipinski definition) is 1. The summed E-state index contributed by atoms with van der Waals surface area (Å²) in [6.07, 6.45) is 1.77. The number of para-hydroxylation sites is 1. The molecule has 0 bridgehead atoms. The van der Waals surface area contributed by atoms with Gasteiger partial charge in [0.1, 0.15) is 5.69 Å². The maximum absolute atomic E-state index is 13.1. The minimum Gasteiger partial charge on any atom is -0.348 e. The molecule has 3 aromatic carbocycles. The molecule has 2 aromatic heterocycles. The molecule has 34 heavy (non-hydrogen) atoms. The van der Waals surface area contributed by atoms with Gasteiger partial charge in [-0.05, 0) is 29.1 Å². The van der Waals surface area contributed by atoms with Gasteiger partial charge in [0.25, 0.3) is 5.91 Å². The fourth-order valence-electron chi connectivity index (χ4n) is 3.66. The van der Waals surface area contributed by atoms with Crippen molar-refractivity contribution in [2.24, 2.45) is 0 Å². The largest absolute Gasteiger partial charge is 0.348 e. The van der Waals surface area contributed by atoms with Gasteiger partial charge in [-0.1, -0.05) is 78.9 Å². The third kappa shape index (κ3) is 4.58. The summed E-state index contributed by atoms with van der Waals surface area (Å²) in [7, 11) is 0. The molecule has 1 amide bonds. The lowest BCUT2D eigenvalue weighted by atomic mass is 10.0. The van der Waals surface area contributed by atoms with Crippen LogP contribution in [0.2, 0.25) is 0 Å². The Bertz CT molecular complexity index is 1410. The van der Waals surface area contributed by atoms with Crippen LogP contribution in [0.5, 0.6) is 0 Å². The average Bonchev–Trinajstić information content (AvgIpc) is 3.59. The molecule has 0 unspecified atom stereocenters. The Morgan fingerprint density at radius 1 is 0.794 bits per heavy atom. The number of benzene rings is 3. The Balaban J connectivity index is 1.33. The fraction of sp³-hybridized carbons (Fsp3) is 0.0357. The fourth-order valence-corrected chi connectivity index (χ4v) is 4.38. The first-order chi connectivity index (χ1) is 16.7. The predicted molar refractivity (Wildman–Crippen MR) is 134 cm³/mol.